The molecule has 2 heterocycles. The molecule has 0 unspecified atom stereocenters. The number of benzene rings is 1. The van der Waals surface area contributed by atoms with Crippen LogP contribution in [0.25, 0.3) is 0 Å². The topological polar surface area (TPSA) is 90.8 Å². The summed E-state index contributed by atoms with van der Waals surface area (Å²) in [5.74, 6) is -0.685. The molecular weight excluding hydrogens is 354 g/mol. The van der Waals surface area contributed by atoms with E-state index in [1.807, 2.05) is 36.1 Å². The molecule has 0 bridgehead atoms. The van der Waals surface area contributed by atoms with Crippen molar-refractivity contribution in [1.29, 1.82) is 0 Å². The van der Waals surface area contributed by atoms with E-state index in [4.69, 9.17) is 0 Å². The Morgan fingerprint density at radius 1 is 1.12 bits per heavy atom. The number of pyridine rings is 1. The van der Waals surface area contributed by atoms with Crippen LogP contribution in [0.4, 0.5) is 5.82 Å². The predicted octanol–water partition coefficient (Wildman–Crippen LogP) is 1.74. The van der Waals surface area contributed by atoms with E-state index < -0.39 is 16.0 Å². The van der Waals surface area contributed by atoms with Gasteiger partial charge in [-0.05, 0) is 24.6 Å². The molecule has 0 aliphatic carbocycles. The predicted molar refractivity (Wildman–Crippen MR) is 98.8 cm³/mol. The Labute approximate surface area is 152 Å². The number of rotatable bonds is 5. The van der Waals surface area contributed by atoms with E-state index in [1.54, 1.807) is 12.3 Å². The fraction of sp³-hybridized carbons (Fsp3) is 0.333. The number of carbonyl (C=O) groups is 1. The van der Waals surface area contributed by atoms with Crippen LogP contribution in [0.5, 0.6) is 0 Å². The second-order valence-electron chi connectivity index (χ2n) is 6.31. The normalized spacial score (nSPS) is 15.8. The Morgan fingerprint density at radius 3 is 2.38 bits per heavy atom. The van der Waals surface area contributed by atoms with Crippen molar-refractivity contribution in [2.75, 3.05) is 31.1 Å². The molecule has 0 spiro atoms. The van der Waals surface area contributed by atoms with Crippen LogP contribution in [0.15, 0.2) is 42.6 Å². The fourth-order valence-corrected chi connectivity index (χ4v) is 4.50. The number of carboxylic acids is 1. The van der Waals surface area contributed by atoms with Crippen molar-refractivity contribution in [2.45, 2.75) is 12.7 Å². The van der Waals surface area contributed by atoms with Crippen LogP contribution in [-0.2, 0) is 15.8 Å². The molecule has 1 fully saturated rings. The quantitative estimate of drug-likeness (QED) is 0.856. The lowest BCUT2D eigenvalue weighted by atomic mass is 10.2. The summed E-state index contributed by atoms with van der Waals surface area (Å²) >= 11 is 0. The molecule has 7 nitrogen and oxygen atoms in total. The van der Waals surface area contributed by atoms with Crippen LogP contribution >= 0.6 is 0 Å². The third-order valence-electron chi connectivity index (χ3n) is 4.42. The molecular formula is C18H21N3O4S. The zero-order valence-electron chi connectivity index (χ0n) is 14.5. The second kappa shape index (κ2) is 7.43. The number of aromatic nitrogens is 1. The minimum Gasteiger partial charge on any atom is -0.478 e. The number of piperazine rings is 1. The summed E-state index contributed by atoms with van der Waals surface area (Å²) in [6, 6.07) is 10.5. The van der Waals surface area contributed by atoms with Gasteiger partial charge >= 0.3 is 5.97 Å². The van der Waals surface area contributed by atoms with Gasteiger partial charge in [-0.2, -0.15) is 4.31 Å². The Hall–Kier alpha value is -2.45. The first-order valence-electron chi connectivity index (χ1n) is 8.33. The van der Waals surface area contributed by atoms with Gasteiger partial charge in [-0.1, -0.05) is 29.8 Å². The van der Waals surface area contributed by atoms with E-state index in [0.29, 0.717) is 32.0 Å². The Bertz CT molecular complexity index is 889. The maximum absolute atomic E-state index is 12.7. The average molecular weight is 375 g/mol. The number of sulfonamides is 1. The van der Waals surface area contributed by atoms with E-state index >= 15 is 0 Å². The zero-order valence-corrected chi connectivity index (χ0v) is 15.3. The molecule has 0 amide bonds. The molecule has 0 atom stereocenters. The van der Waals surface area contributed by atoms with Crippen molar-refractivity contribution in [3.63, 3.8) is 0 Å². The molecule has 1 saturated heterocycles. The SMILES string of the molecule is Cc1ccc(CS(=O)(=O)N2CCN(c3ncccc3C(=O)O)CC2)cc1. The number of carboxylic acid groups (broad SMARTS) is 1. The van der Waals surface area contributed by atoms with Crippen molar-refractivity contribution in [2.24, 2.45) is 0 Å². The van der Waals surface area contributed by atoms with Gasteiger partial charge in [0.05, 0.1) is 5.75 Å². The maximum Gasteiger partial charge on any atom is 0.339 e. The molecule has 1 aliphatic rings. The number of aromatic carboxylic acids is 1. The van der Waals surface area contributed by atoms with Gasteiger partial charge in [-0.15, -0.1) is 0 Å². The van der Waals surface area contributed by atoms with Crippen LogP contribution in [0.1, 0.15) is 21.5 Å². The lowest BCUT2D eigenvalue weighted by Gasteiger charge is -2.35. The van der Waals surface area contributed by atoms with Crippen molar-refractivity contribution in [3.8, 4) is 0 Å². The number of hydrogen-bond donors (Lipinski definition) is 1. The van der Waals surface area contributed by atoms with Gasteiger partial charge in [0.15, 0.2) is 0 Å². The standard InChI is InChI=1S/C18H21N3O4S/c1-14-4-6-15(7-5-14)13-26(24,25)21-11-9-20(10-12-21)17-16(18(22)23)3-2-8-19-17/h2-8H,9-13H2,1H3,(H,22,23). The van der Waals surface area contributed by atoms with E-state index in [9.17, 15) is 18.3 Å². The Balaban J connectivity index is 1.68. The van der Waals surface area contributed by atoms with Gasteiger partial charge in [0.25, 0.3) is 0 Å². The van der Waals surface area contributed by atoms with Crippen LogP contribution in [0.3, 0.4) is 0 Å². The fourth-order valence-electron chi connectivity index (χ4n) is 2.98. The molecule has 3 rings (SSSR count). The third kappa shape index (κ3) is 4.03. The average Bonchev–Trinajstić information content (AvgIpc) is 2.63. The van der Waals surface area contributed by atoms with Crippen molar-refractivity contribution < 1.29 is 18.3 Å². The molecule has 0 radical (unpaired) electrons. The van der Waals surface area contributed by atoms with E-state index in [1.165, 1.54) is 10.4 Å². The Morgan fingerprint density at radius 2 is 1.77 bits per heavy atom. The molecule has 8 heteroatoms. The summed E-state index contributed by atoms with van der Waals surface area (Å²) in [7, 11) is -3.41. The smallest absolute Gasteiger partial charge is 0.339 e. The van der Waals surface area contributed by atoms with E-state index in [2.05, 4.69) is 4.98 Å². The summed E-state index contributed by atoms with van der Waals surface area (Å²) in [5, 5.41) is 9.29. The van der Waals surface area contributed by atoms with Crippen LogP contribution in [-0.4, -0.2) is 55.0 Å². The lowest BCUT2D eigenvalue weighted by molar-refractivity contribution is 0.0697. The highest BCUT2D eigenvalue weighted by molar-refractivity contribution is 7.88. The minimum absolute atomic E-state index is 0.0305. The highest BCUT2D eigenvalue weighted by Gasteiger charge is 2.29. The van der Waals surface area contributed by atoms with Gasteiger partial charge in [-0.3, -0.25) is 0 Å². The van der Waals surface area contributed by atoms with Gasteiger partial charge in [0.1, 0.15) is 11.4 Å². The highest BCUT2D eigenvalue weighted by atomic mass is 32.2. The molecule has 26 heavy (non-hydrogen) atoms. The summed E-state index contributed by atoms with van der Waals surface area (Å²) < 4.78 is 26.8. The van der Waals surface area contributed by atoms with Crippen LogP contribution in [0.2, 0.25) is 0 Å². The van der Waals surface area contributed by atoms with Crippen LogP contribution in [0, 0.1) is 6.92 Å². The number of nitrogens with zero attached hydrogens (tertiary/aromatic N) is 3. The monoisotopic (exact) mass is 375 g/mol. The van der Waals surface area contributed by atoms with E-state index in [0.717, 1.165) is 11.1 Å². The van der Waals surface area contributed by atoms with Crippen molar-refractivity contribution in [3.05, 3.63) is 59.3 Å². The lowest BCUT2D eigenvalue weighted by Crippen LogP contribution is -2.49. The molecule has 1 aromatic heterocycles. The molecule has 1 aromatic carbocycles. The molecule has 1 aliphatic heterocycles. The third-order valence-corrected chi connectivity index (χ3v) is 6.27. The molecule has 138 valence electrons. The van der Waals surface area contributed by atoms with Gasteiger partial charge in [0.2, 0.25) is 10.0 Å². The summed E-state index contributed by atoms with van der Waals surface area (Å²) in [5.41, 5.74) is 1.98. The molecule has 2 aromatic rings. The van der Waals surface area contributed by atoms with Gasteiger partial charge in [-0.25, -0.2) is 18.2 Å². The number of hydrogen-bond acceptors (Lipinski definition) is 5. The van der Waals surface area contributed by atoms with Crippen LogP contribution < -0.4 is 4.90 Å². The number of anilines is 1. The number of aryl methyl sites for hydroxylation is 1. The molecule has 0 saturated carbocycles. The van der Waals surface area contributed by atoms with Gasteiger partial charge < -0.3 is 10.0 Å². The second-order valence-corrected chi connectivity index (χ2v) is 8.28. The summed E-state index contributed by atoms with van der Waals surface area (Å²) in [6.45, 7) is 3.39. The largest absolute Gasteiger partial charge is 0.478 e. The maximum atomic E-state index is 12.7. The van der Waals surface area contributed by atoms with Gasteiger partial charge in [0, 0.05) is 32.4 Å². The Kier molecular flexibility index (Phi) is 5.24. The van der Waals surface area contributed by atoms with E-state index in [-0.39, 0.29) is 11.3 Å². The first-order valence-corrected chi connectivity index (χ1v) is 9.94. The van der Waals surface area contributed by atoms with Crippen molar-refractivity contribution in [1.82, 2.24) is 9.29 Å². The highest BCUT2D eigenvalue weighted by Crippen LogP contribution is 2.21. The van der Waals surface area contributed by atoms with Crippen molar-refractivity contribution >= 4 is 21.8 Å². The first kappa shape index (κ1) is 18.3. The first-order chi connectivity index (χ1) is 12.4. The zero-order chi connectivity index (χ0) is 18.7. The summed E-state index contributed by atoms with van der Waals surface area (Å²) in [6.07, 6.45) is 1.54. The molecule has 1 N–H and O–H groups in total. The minimum atomic E-state index is -3.41. The summed E-state index contributed by atoms with van der Waals surface area (Å²) in [4.78, 5) is 17.3.